The van der Waals surface area contributed by atoms with Gasteiger partial charge in [0.25, 0.3) is 0 Å². The van der Waals surface area contributed by atoms with Gasteiger partial charge in [-0.3, -0.25) is 0 Å². The second-order valence-corrected chi connectivity index (χ2v) is 3.90. The van der Waals surface area contributed by atoms with Gasteiger partial charge in [-0.15, -0.1) is 0 Å². The summed E-state index contributed by atoms with van der Waals surface area (Å²) in [6.07, 6.45) is 0. The summed E-state index contributed by atoms with van der Waals surface area (Å²) < 4.78 is 32.0. The summed E-state index contributed by atoms with van der Waals surface area (Å²) in [5, 5.41) is 18.3. The molecule has 0 saturated carbocycles. The van der Waals surface area contributed by atoms with Crippen LogP contribution < -0.4 is 10.2 Å². The summed E-state index contributed by atoms with van der Waals surface area (Å²) in [5.74, 6) is -1.25. The molecule has 0 spiro atoms. The van der Waals surface area contributed by atoms with E-state index >= 15 is 0 Å². The summed E-state index contributed by atoms with van der Waals surface area (Å²) >= 11 is 0. The highest BCUT2D eigenvalue weighted by atomic mass is 19.1. The Morgan fingerprint density at radius 2 is 1.58 bits per heavy atom. The lowest BCUT2D eigenvalue weighted by molar-refractivity contribution is 0.293. The van der Waals surface area contributed by atoms with Gasteiger partial charge in [0.2, 0.25) is 0 Å². The van der Waals surface area contributed by atoms with E-state index in [1.807, 2.05) is 0 Å². The SMILES string of the molecule is OB(O)c1ccccc1OCc1c(F)cccc1F. The van der Waals surface area contributed by atoms with Gasteiger partial charge in [0.1, 0.15) is 24.0 Å². The van der Waals surface area contributed by atoms with Crippen LogP contribution in [-0.4, -0.2) is 17.2 Å². The van der Waals surface area contributed by atoms with Crippen molar-refractivity contribution in [2.75, 3.05) is 0 Å². The molecule has 2 aromatic carbocycles. The molecule has 0 aromatic heterocycles. The van der Waals surface area contributed by atoms with E-state index in [-0.39, 0.29) is 23.4 Å². The molecule has 0 heterocycles. The third kappa shape index (κ3) is 3.10. The minimum absolute atomic E-state index is 0.138. The lowest BCUT2D eigenvalue weighted by Crippen LogP contribution is -2.31. The Morgan fingerprint density at radius 3 is 2.21 bits per heavy atom. The first-order chi connectivity index (χ1) is 9.09. The molecule has 3 nitrogen and oxygen atoms in total. The van der Waals surface area contributed by atoms with Gasteiger partial charge in [0, 0.05) is 5.46 Å². The van der Waals surface area contributed by atoms with E-state index in [1.54, 1.807) is 12.1 Å². The molecule has 2 N–H and O–H groups in total. The molecule has 0 bridgehead atoms. The van der Waals surface area contributed by atoms with Gasteiger partial charge in [-0.05, 0) is 18.2 Å². The van der Waals surface area contributed by atoms with Crippen LogP contribution in [0.15, 0.2) is 42.5 Å². The Balaban J connectivity index is 2.19. The van der Waals surface area contributed by atoms with Crippen molar-refractivity contribution in [3.05, 3.63) is 59.7 Å². The van der Waals surface area contributed by atoms with Gasteiger partial charge in [-0.2, -0.15) is 0 Å². The van der Waals surface area contributed by atoms with Crippen LogP contribution in [0.25, 0.3) is 0 Å². The van der Waals surface area contributed by atoms with E-state index in [0.717, 1.165) is 12.1 Å². The Bertz CT molecular complexity index is 555. The summed E-state index contributed by atoms with van der Waals surface area (Å²) in [6, 6.07) is 9.71. The second-order valence-electron chi connectivity index (χ2n) is 3.90. The average Bonchev–Trinajstić information content (AvgIpc) is 2.38. The van der Waals surface area contributed by atoms with Gasteiger partial charge < -0.3 is 14.8 Å². The summed E-state index contributed by atoms with van der Waals surface area (Å²) in [6.45, 7) is -0.331. The van der Waals surface area contributed by atoms with E-state index < -0.39 is 18.8 Å². The summed E-state index contributed by atoms with van der Waals surface area (Å²) in [7, 11) is -1.71. The molecule has 0 aliphatic rings. The summed E-state index contributed by atoms with van der Waals surface area (Å²) in [4.78, 5) is 0. The maximum atomic E-state index is 13.4. The molecule has 0 amide bonds. The first kappa shape index (κ1) is 13.5. The standard InChI is InChI=1S/C13H11BF2O3/c15-11-5-3-6-12(16)9(11)8-19-13-7-2-1-4-10(13)14(17)18/h1-7,17-18H,8H2. The zero-order chi connectivity index (χ0) is 13.8. The third-order valence-corrected chi connectivity index (χ3v) is 2.63. The van der Waals surface area contributed by atoms with Gasteiger partial charge in [0.15, 0.2) is 0 Å². The van der Waals surface area contributed by atoms with E-state index in [9.17, 15) is 8.78 Å². The van der Waals surface area contributed by atoms with Crippen LogP contribution in [0, 0.1) is 11.6 Å². The zero-order valence-corrected chi connectivity index (χ0v) is 9.88. The molecule has 6 heteroatoms. The monoisotopic (exact) mass is 264 g/mol. The molecule has 0 atom stereocenters. The van der Waals surface area contributed by atoms with Crippen molar-refractivity contribution in [2.24, 2.45) is 0 Å². The van der Waals surface area contributed by atoms with Gasteiger partial charge in [-0.25, -0.2) is 8.78 Å². The van der Waals surface area contributed by atoms with E-state index in [4.69, 9.17) is 14.8 Å². The maximum absolute atomic E-state index is 13.4. The highest BCUT2D eigenvalue weighted by Crippen LogP contribution is 2.15. The van der Waals surface area contributed by atoms with Crippen LogP contribution >= 0.6 is 0 Å². The van der Waals surface area contributed by atoms with Crippen molar-refractivity contribution in [1.29, 1.82) is 0 Å². The quantitative estimate of drug-likeness (QED) is 0.816. The Hall–Kier alpha value is -1.92. The molecule has 0 saturated heterocycles. The number of hydrogen-bond donors (Lipinski definition) is 2. The fourth-order valence-corrected chi connectivity index (χ4v) is 1.65. The van der Waals surface area contributed by atoms with E-state index in [0.29, 0.717) is 0 Å². The summed E-state index contributed by atoms with van der Waals surface area (Å²) in [5.41, 5.74) is -0.0658. The molecule has 0 unspecified atom stereocenters. The van der Waals surface area contributed by atoms with Crippen molar-refractivity contribution < 1.29 is 23.6 Å². The number of ether oxygens (including phenoxy) is 1. The molecule has 2 aromatic rings. The zero-order valence-electron chi connectivity index (χ0n) is 9.88. The number of para-hydroxylation sites is 1. The lowest BCUT2D eigenvalue weighted by Gasteiger charge is -2.11. The van der Waals surface area contributed by atoms with Crippen LogP contribution in [0.2, 0.25) is 0 Å². The third-order valence-electron chi connectivity index (χ3n) is 2.63. The van der Waals surface area contributed by atoms with E-state index in [2.05, 4.69) is 0 Å². The fraction of sp³-hybridized carbons (Fsp3) is 0.0769. The predicted octanol–water partition coefficient (Wildman–Crippen LogP) is 1.22. The molecular formula is C13H11BF2O3. The van der Waals surface area contributed by atoms with Crippen molar-refractivity contribution >= 4 is 12.6 Å². The van der Waals surface area contributed by atoms with Gasteiger partial charge in [0.05, 0.1) is 5.56 Å². The van der Waals surface area contributed by atoms with Crippen molar-refractivity contribution in [2.45, 2.75) is 6.61 Å². The number of rotatable bonds is 4. The molecular weight excluding hydrogens is 253 g/mol. The van der Waals surface area contributed by atoms with Crippen LogP contribution in [0.4, 0.5) is 8.78 Å². The minimum Gasteiger partial charge on any atom is -0.489 e. The largest absolute Gasteiger partial charge is 0.492 e. The van der Waals surface area contributed by atoms with Crippen LogP contribution in [0.3, 0.4) is 0 Å². The Morgan fingerprint density at radius 1 is 0.947 bits per heavy atom. The Kier molecular flexibility index (Phi) is 4.14. The molecule has 0 aliphatic heterocycles. The molecule has 0 fully saturated rings. The predicted molar refractivity (Wildman–Crippen MR) is 67.0 cm³/mol. The molecule has 0 aliphatic carbocycles. The minimum atomic E-state index is -1.71. The van der Waals surface area contributed by atoms with Gasteiger partial charge in [-0.1, -0.05) is 24.3 Å². The normalized spacial score (nSPS) is 10.3. The average molecular weight is 264 g/mol. The van der Waals surface area contributed by atoms with Crippen molar-refractivity contribution in [3.8, 4) is 5.75 Å². The maximum Gasteiger partial charge on any atom is 0.492 e. The van der Waals surface area contributed by atoms with E-state index in [1.165, 1.54) is 18.2 Å². The van der Waals surface area contributed by atoms with Crippen LogP contribution in [0.1, 0.15) is 5.56 Å². The topological polar surface area (TPSA) is 49.7 Å². The van der Waals surface area contributed by atoms with Gasteiger partial charge >= 0.3 is 7.12 Å². The van der Waals surface area contributed by atoms with Crippen molar-refractivity contribution in [1.82, 2.24) is 0 Å². The lowest BCUT2D eigenvalue weighted by atomic mass is 9.79. The highest BCUT2D eigenvalue weighted by molar-refractivity contribution is 6.59. The van der Waals surface area contributed by atoms with Crippen molar-refractivity contribution in [3.63, 3.8) is 0 Å². The molecule has 0 radical (unpaired) electrons. The fourth-order valence-electron chi connectivity index (χ4n) is 1.65. The smallest absolute Gasteiger partial charge is 0.489 e. The Labute approximate surface area is 109 Å². The number of halogens is 2. The first-order valence-electron chi connectivity index (χ1n) is 5.60. The highest BCUT2D eigenvalue weighted by Gasteiger charge is 2.17. The molecule has 98 valence electrons. The number of hydrogen-bond acceptors (Lipinski definition) is 3. The number of benzene rings is 2. The second kappa shape index (κ2) is 5.82. The molecule has 2 rings (SSSR count). The van der Waals surface area contributed by atoms with Crippen LogP contribution in [-0.2, 0) is 6.61 Å². The van der Waals surface area contributed by atoms with Crippen LogP contribution in [0.5, 0.6) is 5.75 Å². The first-order valence-corrected chi connectivity index (χ1v) is 5.60. The molecule has 19 heavy (non-hydrogen) atoms.